The van der Waals surface area contributed by atoms with Crippen molar-refractivity contribution >= 4 is 26.0 Å². The van der Waals surface area contributed by atoms with Crippen molar-refractivity contribution in [2.45, 2.75) is 30.7 Å². The lowest BCUT2D eigenvalue weighted by molar-refractivity contribution is 0.480. The molecule has 0 saturated carbocycles. The SMILES string of the molecule is CC(CCc1ccco1)NS(=O)(=O)c1cccc(Br)c1. The molecule has 1 unspecified atom stereocenters. The van der Waals surface area contributed by atoms with Crippen LogP contribution in [-0.4, -0.2) is 14.5 Å². The Morgan fingerprint density at radius 3 is 2.75 bits per heavy atom. The maximum absolute atomic E-state index is 12.2. The van der Waals surface area contributed by atoms with Crippen LogP contribution >= 0.6 is 15.9 Å². The molecule has 0 saturated heterocycles. The Kier molecular flexibility index (Phi) is 5.01. The van der Waals surface area contributed by atoms with Crippen molar-refractivity contribution in [1.82, 2.24) is 4.72 Å². The number of rotatable bonds is 6. The van der Waals surface area contributed by atoms with Crippen LogP contribution in [0.15, 0.2) is 56.4 Å². The van der Waals surface area contributed by atoms with Crippen molar-refractivity contribution < 1.29 is 12.8 Å². The zero-order valence-corrected chi connectivity index (χ0v) is 13.4. The maximum Gasteiger partial charge on any atom is 0.240 e. The molecule has 0 fully saturated rings. The topological polar surface area (TPSA) is 59.3 Å². The van der Waals surface area contributed by atoms with Gasteiger partial charge in [0.05, 0.1) is 11.2 Å². The Labute approximate surface area is 127 Å². The predicted molar refractivity (Wildman–Crippen MR) is 81.0 cm³/mol. The maximum atomic E-state index is 12.2. The van der Waals surface area contributed by atoms with Crippen molar-refractivity contribution in [3.05, 3.63) is 52.9 Å². The normalized spacial score (nSPS) is 13.3. The molecule has 0 amide bonds. The van der Waals surface area contributed by atoms with E-state index in [0.29, 0.717) is 12.8 Å². The van der Waals surface area contributed by atoms with Crippen molar-refractivity contribution in [3.8, 4) is 0 Å². The average molecular weight is 358 g/mol. The molecule has 108 valence electrons. The van der Waals surface area contributed by atoms with Gasteiger partial charge in [0.2, 0.25) is 10.0 Å². The van der Waals surface area contributed by atoms with E-state index in [-0.39, 0.29) is 10.9 Å². The third-order valence-corrected chi connectivity index (χ3v) is 4.95. The number of furan rings is 1. The van der Waals surface area contributed by atoms with Crippen LogP contribution in [0, 0.1) is 0 Å². The average Bonchev–Trinajstić information content (AvgIpc) is 2.89. The first kappa shape index (κ1) is 15.3. The lowest BCUT2D eigenvalue weighted by Gasteiger charge is -2.13. The summed E-state index contributed by atoms with van der Waals surface area (Å²) in [5, 5.41) is 0. The van der Waals surface area contributed by atoms with Gasteiger partial charge in [0, 0.05) is 16.9 Å². The van der Waals surface area contributed by atoms with Crippen LogP contribution < -0.4 is 4.72 Å². The van der Waals surface area contributed by atoms with Crippen molar-refractivity contribution in [1.29, 1.82) is 0 Å². The fourth-order valence-corrected chi connectivity index (χ4v) is 3.71. The molecular weight excluding hydrogens is 342 g/mol. The number of benzene rings is 1. The first-order valence-corrected chi connectivity index (χ1v) is 8.55. The number of aryl methyl sites for hydroxylation is 1. The van der Waals surface area contributed by atoms with E-state index in [1.807, 2.05) is 19.1 Å². The molecule has 1 atom stereocenters. The summed E-state index contributed by atoms with van der Waals surface area (Å²) in [6, 6.07) is 10.2. The molecule has 0 aliphatic heterocycles. The monoisotopic (exact) mass is 357 g/mol. The van der Waals surface area contributed by atoms with Crippen molar-refractivity contribution in [2.75, 3.05) is 0 Å². The Balaban J connectivity index is 1.97. The third-order valence-electron chi connectivity index (χ3n) is 2.87. The zero-order chi connectivity index (χ0) is 14.6. The molecule has 2 rings (SSSR count). The lowest BCUT2D eigenvalue weighted by atomic mass is 10.2. The molecule has 0 aliphatic carbocycles. The molecule has 0 spiro atoms. The molecule has 6 heteroatoms. The van der Waals surface area contributed by atoms with E-state index in [1.165, 1.54) is 0 Å². The highest BCUT2D eigenvalue weighted by atomic mass is 79.9. The molecule has 20 heavy (non-hydrogen) atoms. The number of halogens is 1. The minimum absolute atomic E-state index is 0.163. The van der Waals surface area contributed by atoms with Gasteiger partial charge in [0.25, 0.3) is 0 Å². The van der Waals surface area contributed by atoms with E-state index in [2.05, 4.69) is 20.7 Å². The van der Waals surface area contributed by atoms with Gasteiger partial charge in [-0.15, -0.1) is 0 Å². The van der Waals surface area contributed by atoms with Crippen LogP contribution in [0.25, 0.3) is 0 Å². The van der Waals surface area contributed by atoms with Gasteiger partial charge in [0.1, 0.15) is 5.76 Å². The van der Waals surface area contributed by atoms with Crippen LogP contribution in [0.1, 0.15) is 19.1 Å². The Morgan fingerprint density at radius 2 is 2.10 bits per heavy atom. The lowest BCUT2D eigenvalue weighted by Crippen LogP contribution is -2.32. The van der Waals surface area contributed by atoms with Gasteiger partial charge in [-0.25, -0.2) is 13.1 Å². The van der Waals surface area contributed by atoms with Crippen molar-refractivity contribution in [3.63, 3.8) is 0 Å². The summed E-state index contributed by atoms with van der Waals surface area (Å²) in [4.78, 5) is 0.261. The van der Waals surface area contributed by atoms with Crippen LogP contribution in [0.3, 0.4) is 0 Å². The number of nitrogens with one attached hydrogen (secondary N) is 1. The molecule has 1 aromatic carbocycles. The first-order valence-electron chi connectivity index (χ1n) is 6.27. The van der Waals surface area contributed by atoms with E-state index < -0.39 is 10.0 Å². The highest BCUT2D eigenvalue weighted by Crippen LogP contribution is 2.16. The molecule has 2 aromatic rings. The van der Waals surface area contributed by atoms with Crippen LogP contribution in [0.5, 0.6) is 0 Å². The third kappa shape index (κ3) is 4.19. The molecule has 4 nitrogen and oxygen atoms in total. The minimum Gasteiger partial charge on any atom is -0.469 e. The highest BCUT2D eigenvalue weighted by Gasteiger charge is 2.17. The van der Waals surface area contributed by atoms with Crippen LogP contribution in [0.2, 0.25) is 0 Å². The fraction of sp³-hybridized carbons (Fsp3) is 0.286. The zero-order valence-electron chi connectivity index (χ0n) is 11.0. The van der Waals surface area contributed by atoms with E-state index in [0.717, 1.165) is 10.2 Å². The quantitative estimate of drug-likeness (QED) is 0.862. The summed E-state index contributed by atoms with van der Waals surface area (Å²) >= 11 is 3.27. The van der Waals surface area contributed by atoms with Gasteiger partial charge in [-0.05, 0) is 43.7 Å². The van der Waals surface area contributed by atoms with Gasteiger partial charge in [-0.3, -0.25) is 0 Å². The van der Waals surface area contributed by atoms with Gasteiger partial charge < -0.3 is 4.42 Å². The summed E-state index contributed by atoms with van der Waals surface area (Å²) in [6.45, 7) is 1.85. The van der Waals surface area contributed by atoms with E-state index in [1.54, 1.807) is 30.5 Å². The minimum atomic E-state index is -3.48. The predicted octanol–water partition coefficient (Wildman–Crippen LogP) is 3.34. The number of hydrogen-bond donors (Lipinski definition) is 1. The Morgan fingerprint density at radius 1 is 1.30 bits per heavy atom. The van der Waals surface area contributed by atoms with Crippen LogP contribution in [0.4, 0.5) is 0 Å². The second-order valence-corrected chi connectivity index (χ2v) is 7.23. The summed E-state index contributed by atoms with van der Waals surface area (Å²) in [7, 11) is -3.48. The molecule has 1 aromatic heterocycles. The van der Waals surface area contributed by atoms with E-state index in [9.17, 15) is 8.42 Å². The Hall–Kier alpha value is -1.11. The summed E-state index contributed by atoms with van der Waals surface area (Å²) in [6.07, 6.45) is 3.00. The molecular formula is C14H16BrNO3S. The first-order chi connectivity index (χ1) is 9.47. The smallest absolute Gasteiger partial charge is 0.240 e. The van der Waals surface area contributed by atoms with E-state index in [4.69, 9.17) is 4.42 Å². The van der Waals surface area contributed by atoms with Gasteiger partial charge >= 0.3 is 0 Å². The fourth-order valence-electron chi connectivity index (χ4n) is 1.84. The van der Waals surface area contributed by atoms with Crippen molar-refractivity contribution in [2.24, 2.45) is 0 Å². The second-order valence-electron chi connectivity index (χ2n) is 4.60. The largest absolute Gasteiger partial charge is 0.469 e. The molecule has 1 heterocycles. The van der Waals surface area contributed by atoms with Crippen LogP contribution in [-0.2, 0) is 16.4 Å². The Bertz CT molecular complexity index is 653. The summed E-state index contributed by atoms with van der Waals surface area (Å²) in [5.41, 5.74) is 0. The van der Waals surface area contributed by atoms with Gasteiger partial charge in [0.15, 0.2) is 0 Å². The molecule has 0 aliphatic rings. The molecule has 0 radical (unpaired) electrons. The molecule has 1 N–H and O–H groups in total. The van der Waals surface area contributed by atoms with Gasteiger partial charge in [-0.2, -0.15) is 0 Å². The second kappa shape index (κ2) is 6.56. The van der Waals surface area contributed by atoms with E-state index >= 15 is 0 Å². The van der Waals surface area contributed by atoms with Gasteiger partial charge in [-0.1, -0.05) is 22.0 Å². The number of sulfonamides is 1. The standard InChI is InChI=1S/C14H16BrNO3S/c1-11(7-8-13-5-3-9-19-13)16-20(17,18)14-6-2-4-12(15)10-14/h2-6,9-11,16H,7-8H2,1H3. The summed E-state index contributed by atoms with van der Waals surface area (Å²) < 4.78 is 33.0. The molecule has 0 bridgehead atoms. The summed E-state index contributed by atoms with van der Waals surface area (Å²) in [5.74, 6) is 0.860. The highest BCUT2D eigenvalue weighted by molar-refractivity contribution is 9.10. The number of hydrogen-bond acceptors (Lipinski definition) is 3.